The minimum Gasteiger partial charge on any atom is -0.308 e. The molecule has 0 atom stereocenters. The van der Waals surface area contributed by atoms with E-state index in [1.165, 1.54) is 5.56 Å². The fourth-order valence-corrected chi connectivity index (χ4v) is 2.98. The molecular weight excluding hydrogens is 286 g/mol. The molecule has 0 radical (unpaired) electrons. The molecule has 1 aromatic heterocycles. The Morgan fingerprint density at radius 3 is 2.78 bits per heavy atom. The molecule has 0 aliphatic carbocycles. The van der Waals surface area contributed by atoms with Crippen molar-refractivity contribution in [1.82, 2.24) is 4.98 Å². The molecule has 4 heteroatoms. The van der Waals surface area contributed by atoms with Crippen molar-refractivity contribution in [3.63, 3.8) is 0 Å². The zero-order valence-electron chi connectivity index (χ0n) is 12.9. The number of benzene rings is 2. The lowest BCUT2D eigenvalue weighted by molar-refractivity contribution is 0.257. The number of aryl methyl sites for hydroxylation is 1. The summed E-state index contributed by atoms with van der Waals surface area (Å²) in [6.07, 6.45) is 0.842. The molecule has 0 bridgehead atoms. The van der Waals surface area contributed by atoms with E-state index < -0.39 is 0 Å². The van der Waals surface area contributed by atoms with E-state index in [1.54, 1.807) is 4.90 Å². The molecule has 3 aromatic rings. The molecule has 2 heterocycles. The number of anilines is 2. The van der Waals surface area contributed by atoms with Crippen LogP contribution in [0.2, 0.25) is 0 Å². The average Bonchev–Trinajstić information content (AvgIpc) is 2.96. The summed E-state index contributed by atoms with van der Waals surface area (Å²) in [4.78, 5) is 19.0. The zero-order chi connectivity index (χ0) is 15.8. The number of rotatable bonds is 1. The molecule has 0 unspecified atom stereocenters. The summed E-state index contributed by atoms with van der Waals surface area (Å²) in [6, 6.07) is 17.7. The molecule has 1 aliphatic heterocycles. The number of carbonyl (C=O) groups excluding carboxylic acids is 1. The summed E-state index contributed by atoms with van der Waals surface area (Å²) < 4.78 is 0. The molecule has 4 nitrogen and oxygen atoms in total. The first-order valence-corrected chi connectivity index (χ1v) is 7.74. The lowest BCUT2D eigenvalue weighted by atomic mass is 10.1. The number of carbonyl (C=O) groups is 1. The predicted molar refractivity (Wildman–Crippen MR) is 93.0 cm³/mol. The van der Waals surface area contributed by atoms with Gasteiger partial charge in [-0.05, 0) is 48.7 Å². The fourth-order valence-electron chi connectivity index (χ4n) is 2.98. The number of fused-ring (bicyclic) bond motifs is 2. The SMILES string of the molecule is Cc1ccc2cc3c(nc2c1)N(C(=O)Nc1ccccc1)CC3. The van der Waals surface area contributed by atoms with E-state index in [9.17, 15) is 4.79 Å². The number of hydrogen-bond donors (Lipinski definition) is 1. The van der Waals surface area contributed by atoms with Crippen molar-refractivity contribution in [2.24, 2.45) is 0 Å². The number of aromatic nitrogens is 1. The molecule has 23 heavy (non-hydrogen) atoms. The average molecular weight is 303 g/mol. The van der Waals surface area contributed by atoms with Crippen molar-refractivity contribution in [1.29, 1.82) is 0 Å². The summed E-state index contributed by atoms with van der Waals surface area (Å²) in [5.74, 6) is 0.775. The Labute approximate surface area is 134 Å². The van der Waals surface area contributed by atoms with Crippen LogP contribution >= 0.6 is 0 Å². The Hall–Kier alpha value is -2.88. The third-order valence-corrected chi connectivity index (χ3v) is 4.16. The number of nitrogens with zero attached hydrogens (tertiary/aromatic N) is 2. The van der Waals surface area contributed by atoms with Crippen LogP contribution < -0.4 is 10.2 Å². The number of pyridine rings is 1. The molecule has 0 spiro atoms. The van der Waals surface area contributed by atoms with Gasteiger partial charge in [-0.3, -0.25) is 4.90 Å². The van der Waals surface area contributed by atoms with E-state index in [-0.39, 0.29) is 6.03 Å². The molecule has 1 N–H and O–H groups in total. The van der Waals surface area contributed by atoms with Gasteiger partial charge in [-0.25, -0.2) is 9.78 Å². The van der Waals surface area contributed by atoms with E-state index in [2.05, 4.69) is 29.6 Å². The molecular formula is C19H17N3O. The molecule has 2 amide bonds. The van der Waals surface area contributed by atoms with Crippen LogP contribution in [0.4, 0.5) is 16.3 Å². The summed E-state index contributed by atoms with van der Waals surface area (Å²) in [7, 11) is 0. The van der Waals surface area contributed by atoms with Gasteiger partial charge in [-0.15, -0.1) is 0 Å². The zero-order valence-corrected chi connectivity index (χ0v) is 12.9. The maximum absolute atomic E-state index is 12.6. The quantitative estimate of drug-likeness (QED) is 0.734. The Morgan fingerprint density at radius 2 is 1.96 bits per heavy atom. The van der Waals surface area contributed by atoms with Crippen LogP contribution in [0.1, 0.15) is 11.1 Å². The Morgan fingerprint density at radius 1 is 1.13 bits per heavy atom. The smallest absolute Gasteiger partial charge is 0.308 e. The van der Waals surface area contributed by atoms with Crippen LogP contribution in [0.5, 0.6) is 0 Å². The minimum atomic E-state index is -0.130. The number of hydrogen-bond acceptors (Lipinski definition) is 2. The number of nitrogens with one attached hydrogen (secondary N) is 1. The lowest BCUT2D eigenvalue weighted by Gasteiger charge is -2.17. The van der Waals surface area contributed by atoms with Crippen molar-refractivity contribution >= 4 is 28.4 Å². The van der Waals surface area contributed by atoms with E-state index >= 15 is 0 Å². The maximum Gasteiger partial charge on any atom is 0.327 e. The third kappa shape index (κ3) is 2.52. The van der Waals surface area contributed by atoms with Gasteiger partial charge in [0.1, 0.15) is 5.82 Å². The van der Waals surface area contributed by atoms with Crippen molar-refractivity contribution in [3.8, 4) is 0 Å². The predicted octanol–water partition coefficient (Wildman–Crippen LogP) is 4.14. The molecule has 2 aromatic carbocycles. The minimum absolute atomic E-state index is 0.130. The van der Waals surface area contributed by atoms with E-state index in [0.717, 1.165) is 34.4 Å². The van der Waals surface area contributed by atoms with E-state index in [1.807, 2.05) is 37.3 Å². The number of para-hydroxylation sites is 1. The second kappa shape index (κ2) is 5.39. The van der Waals surface area contributed by atoms with Crippen LogP contribution in [0, 0.1) is 6.92 Å². The van der Waals surface area contributed by atoms with Gasteiger partial charge in [0.25, 0.3) is 0 Å². The highest BCUT2D eigenvalue weighted by molar-refractivity contribution is 6.03. The van der Waals surface area contributed by atoms with Crippen LogP contribution in [-0.4, -0.2) is 17.6 Å². The molecule has 114 valence electrons. The summed E-state index contributed by atoms with van der Waals surface area (Å²) in [5.41, 5.74) is 4.03. The lowest BCUT2D eigenvalue weighted by Crippen LogP contribution is -2.33. The second-order valence-corrected chi connectivity index (χ2v) is 5.87. The van der Waals surface area contributed by atoms with E-state index in [4.69, 9.17) is 4.98 Å². The molecule has 0 fully saturated rings. The van der Waals surface area contributed by atoms with Gasteiger partial charge in [-0.2, -0.15) is 0 Å². The second-order valence-electron chi connectivity index (χ2n) is 5.87. The maximum atomic E-state index is 12.6. The largest absolute Gasteiger partial charge is 0.327 e. The number of amides is 2. The van der Waals surface area contributed by atoms with Gasteiger partial charge >= 0.3 is 6.03 Å². The normalized spacial score (nSPS) is 13.2. The monoisotopic (exact) mass is 303 g/mol. The fraction of sp³-hybridized carbons (Fsp3) is 0.158. The summed E-state index contributed by atoms with van der Waals surface area (Å²) in [5, 5.41) is 4.06. The number of urea groups is 1. The van der Waals surface area contributed by atoms with Gasteiger partial charge in [0.15, 0.2) is 0 Å². The molecule has 0 saturated heterocycles. The Balaban J connectivity index is 1.67. The van der Waals surface area contributed by atoms with Gasteiger partial charge in [0.05, 0.1) is 5.52 Å². The highest BCUT2D eigenvalue weighted by atomic mass is 16.2. The van der Waals surface area contributed by atoms with Gasteiger partial charge in [0, 0.05) is 17.6 Å². The van der Waals surface area contributed by atoms with Crippen LogP contribution in [0.15, 0.2) is 54.6 Å². The Kier molecular flexibility index (Phi) is 3.23. The summed E-state index contributed by atoms with van der Waals surface area (Å²) >= 11 is 0. The van der Waals surface area contributed by atoms with Crippen molar-refractivity contribution in [3.05, 3.63) is 65.7 Å². The summed E-state index contributed by atoms with van der Waals surface area (Å²) in [6.45, 7) is 2.71. The Bertz CT molecular complexity index is 890. The van der Waals surface area contributed by atoms with E-state index in [0.29, 0.717) is 6.54 Å². The van der Waals surface area contributed by atoms with Crippen LogP contribution in [0.25, 0.3) is 10.9 Å². The molecule has 4 rings (SSSR count). The first-order chi connectivity index (χ1) is 11.2. The van der Waals surface area contributed by atoms with Gasteiger partial charge in [0.2, 0.25) is 0 Å². The standard InChI is InChI=1S/C19H17N3O/c1-13-7-8-14-12-15-9-10-22(18(15)21-17(14)11-13)19(23)20-16-5-3-2-4-6-16/h2-8,11-12H,9-10H2,1H3,(H,20,23). The van der Waals surface area contributed by atoms with Crippen LogP contribution in [0.3, 0.4) is 0 Å². The third-order valence-electron chi connectivity index (χ3n) is 4.16. The molecule has 0 saturated carbocycles. The van der Waals surface area contributed by atoms with Crippen molar-refractivity contribution in [2.75, 3.05) is 16.8 Å². The highest BCUT2D eigenvalue weighted by Gasteiger charge is 2.26. The highest BCUT2D eigenvalue weighted by Crippen LogP contribution is 2.30. The van der Waals surface area contributed by atoms with Crippen LogP contribution in [-0.2, 0) is 6.42 Å². The van der Waals surface area contributed by atoms with Gasteiger partial charge in [-0.1, -0.05) is 30.3 Å². The van der Waals surface area contributed by atoms with Crippen molar-refractivity contribution in [2.45, 2.75) is 13.3 Å². The molecule has 1 aliphatic rings. The van der Waals surface area contributed by atoms with Gasteiger partial charge < -0.3 is 5.32 Å². The topological polar surface area (TPSA) is 45.2 Å². The first-order valence-electron chi connectivity index (χ1n) is 7.74. The van der Waals surface area contributed by atoms with Crippen molar-refractivity contribution < 1.29 is 4.79 Å². The first kappa shape index (κ1) is 13.8.